The second-order valence-electron chi connectivity index (χ2n) is 4.85. The number of fused-ring (bicyclic) bond motifs is 1. The van der Waals surface area contributed by atoms with Gasteiger partial charge in [0, 0.05) is 17.8 Å². The Balaban J connectivity index is 2.17. The molecule has 3 aromatic rings. The lowest BCUT2D eigenvalue weighted by Gasteiger charge is -2.16. The van der Waals surface area contributed by atoms with Gasteiger partial charge in [-0.15, -0.1) is 0 Å². The van der Waals surface area contributed by atoms with Crippen molar-refractivity contribution in [2.45, 2.75) is 13.0 Å². The molecule has 2 aromatic carbocycles. The highest BCUT2D eigenvalue weighted by Gasteiger charge is 2.16. The van der Waals surface area contributed by atoms with Crippen LogP contribution in [0.4, 0.5) is 4.39 Å². The largest absolute Gasteiger partial charge is 0.384 e. The van der Waals surface area contributed by atoms with Gasteiger partial charge < -0.3 is 5.11 Å². The second kappa shape index (κ2) is 5.02. The van der Waals surface area contributed by atoms with Crippen LogP contribution < -0.4 is 0 Å². The number of rotatable bonds is 2. The minimum Gasteiger partial charge on any atom is -0.384 e. The van der Waals surface area contributed by atoms with Crippen molar-refractivity contribution in [3.8, 4) is 0 Å². The summed E-state index contributed by atoms with van der Waals surface area (Å²) in [5, 5.41) is 12.5. The molecular weight excluding hydrogens is 253 g/mol. The molecule has 0 aliphatic carbocycles. The minimum absolute atomic E-state index is 0.344. The fourth-order valence-electron chi connectivity index (χ4n) is 2.45. The Kier molecular flexibility index (Phi) is 3.20. The molecule has 1 N–H and O–H groups in total. The molecule has 1 unspecified atom stereocenters. The molecule has 0 fully saturated rings. The maximum Gasteiger partial charge on any atom is 0.123 e. The van der Waals surface area contributed by atoms with Gasteiger partial charge in [-0.1, -0.05) is 24.3 Å². The van der Waals surface area contributed by atoms with Crippen LogP contribution in [0.3, 0.4) is 0 Å². The van der Waals surface area contributed by atoms with E-state index in [1.165, 1.54) is 12.1 Å². The third kappa shape index (κ3) is 2.17. The van der Waals surface area contributed by atoms with Gasteiger partial charge in [-0.3, -0.25) is 4.98 Å². The zero-order chi connectivity index (χ0) is 14.1. The standard InChI is InChI=1S/C17H14FNO/c1-11-5-6-13(18)9-15(11)17(20)14-4-2-3-12-7-8-19-10-16(12)14/h2-10,17,20H,1H3. The van der Waals surface area contributed by atoms with Crippen LogP contribution in [0, 0.1) is 12.7 Å². The molecule has 0 saturated heterocycles. The molecule has 3 heteroatoms. The molecule has 1 heterocycles. The lowest BCUT2D eigenvalue weighted by molar-refractivity contribution is 0.220. The van der Waals surface area contributed by atoms with Crippen LogP contribution in [0.5, 0.6) is 0 Å². The van der Waals surface area contributed by atoms with Crippen LogP contribution in [-0.2, 0) is 0 Å². The Hall–Kier alpha value is -2.26. The van der Waals surface area contributed by atoms with E-state index in [1.807, 2.05) is 31.2 Å². The summed E-state index contributed by atoms with van der Waals surface area (Å²) < 4.78 is 13.4. The van der Waals surface area contributed by atoms with Crippen LogP contribution >= 0.6 is 0 Å². The van der Waals surface area contributed by atoms with E-state index in [-0.39, 0.29) is 5.82 Å². The summed E-state index contributed by atoms with van der Waals surface area (Å²) in [6.07, 6.45) is 2.58. The Bertz CT molecular complexity index is 765. The molecule has 2 nitrogen and oxygen atoms in total. The van der Waals surface area contributed by atoms with Crippen molar-refractivity contribution in [2.75, 3.05) is 0 Å². The number of hydrogen-bond donors (Lipinski definition) is 1. The normalized spacial score (nSPS) is 12.6. The van der Waals surface area contributed by atoms with Gasteiger partial charge in [-0.05, 0) is 47.2 Å². The summed E-state index contributed by atoms with van der Waals surface area (Å²) in [4.78, 5) is 4.10. The van der Waals surface area contributed by atoms with Gasteiger partial charge in [0.15, 0.2) is 0 Å². The molecule has 20 heavy (non-hydrogen) atoms. The molecule has 1 atom stereocenters. The molecule has 0 aliphatic rings. The zero-order valence-corrected chi connectivity index (χ0v) is 11.0. The third-order valence-corrected chi connectivity index (χ3v) is 3.55. The van der Waals surface area contributed by atoms with Gasteiger partial charge in [0.25, 0.3) is 0 Å². The molecule has 0 aliphatic heterocycles. The minimum atomic E-state index is -0.862. The summed E-state index contributed by atoms with van der Waals surface area (Å²) in [5.74, 6) is -0.344. The number of hydrogen-bond acceptors (Lipinski definition) is 2. The molecule has 0 bridgehead atoms. The molecule has 0 amide bonds. The van der Waals surface area contributed by atoms with E-state index < -0.39 is 6.10 Å². The van der Waals surface area contributed by atoms with Crippen LogP contribution in [0.2, 0.25) is 0 Å². The first-order valence-corrected chi connectivity index (χ1v) is 6.43. The number of aliphatic hydroxyl groups excluding tert-OH is 1. The summed E-state index contributed by atoms with van der Waals surface area (Å²) >= 11 is 0. The number of aryl methyl sites for hydroxylation is 1. The SMILES string of the molecule is Cc1ccc(F)cc1C(O)c1cccc2ccncc12. The monoisotopic (exact) mass is 267 g/mol. The van der Waals surface area contributed by atoms with Crippen LogP contribution in [-0.4, -0.2) is 10.1 Å². The van der Waals surface area contributed by atoms with Crippen LogP contribution in [0.25, 0.3) is 10.8 Å². The molecule has 0 saturated carbocycles. The van der Waals surface area contributed by atoms with Crippen molar-refractivity contribution in [3.05, 3.63) is 77.4 Å². The predicted molar refractivity (Wildman–Crippen MR) is 76.9 cm³/mol. The number of aromatic nitrogens is 1. The van der Waals surface area contributed by atoms with E-state index in [4.69, 9.17) is 0 Å². The Labute approximate surface area is 116 Å². The third-order valence-electron chi connectivity index (χ3n) is 3.55. The average molecular weight is 267 g/mol. The van der Waals surface area contributed by atoms with E-state index in [2.05, 4.69) is 4.98 Å². The fourth-order valence-corrected chi connectivity index (χ4v) is 2.45. The van der Waals surface area contributed by atoms with Crippen molar-refractivity contribution in [1.29, 1.82) is 0 Å². The second-order valence-corrected chi connectivity index (χ2v) is 4.85. The highest BCUT2D eigenvalue weighted by Crippen LogP contribution is 2.30. The fraction of sp³-hybridized carbons (Fsp3) is 0.118. The van der Waals surface area contributed by atoms with Crippen LogP contribution in [0.1, 0.15) is 22.8 Å². The Morgan fingerprint density at radius 3 is 2.80 bits per heavy atom. The molecule has 1 aromatic heterocycles. The van der Waals surface area contributed by atoms with E-state index in [0.717, 1.165) is 21.9 Å². The van der Waals surface area contributed by atoms with Gasteiger partial charge in [-0.2, -0.15) is 0 Å². The van der Waals surface area contributed by atoms with E-state index >= 15 is 0 Å². The lowest BCUT2D eigenvalue weighted by Crippen LogP contribution is -2.03. The predicted octanol–water partition coefficient (Wildman–Crippen LogP) is 3.76. The molecule has 100 valence electrons. The van der Waals surface area contributed by atoms with Gasteiger partial charge in [0.05, 0.1) is 0 Å². The van der Waals surface area contributed by atoms with Crippen molar-refractivity contribution in [1.82, 2.24) is 4.98 Å². The van der Waals surface area contributed by atoms with Gasteiger partial charge in [-0.25, -0.2) is 4.39 Å². The summed E-state index contributed by atoms with van der Waals surface area (Å²) in [7, 11) is 0. The van der Waals surface area contributed by atoms with Crippen molar-refractivity contribution < 1.29 is 9.50 Å². The van der Waals surface area contributed by atoms with E-state index in [0.29, 0.717) is 5.56 Å². The van der Waals surface area contributed by atoms with Gasteiger partial charge in [0.1, 0.15) is 11.9 Å². The molecule has 3 rings (SSSR count). The van der Waals surface area contributed by atoms with Crippen molar-refractivity contribution >= 4 is 10.8 Å². The molecular formula is C17H14FNO. The van der Waals surface area contributed by atoms with Crippen LogP contribution in [0.15, 0.2) is 54.9 Å². The topological polar surface area (TPSA) is 33.1 Å². The highest BCUT2D eigenvalue weighted by atomic mass is 19.1. The maximum atomic E-state index is 13.4. The van der Waals surface area contributed by atoms with E-state index in [1.54, 1.807) is 18.5 Å². The van der Waals surface area contributed by atoms with Gasteiger partial charge >= 0.3 is 0 Å². The number of pyridine rings is 1. The number of nitrogens with zero attached hydrogens (tertiary/aromatic N) is 1. The summed E-state index contributed by atoms with van der Waals surface area (Å²) in [6.45, 7) is 1.86. The number of halogens is 1. The molecule has 0 spiro atoms. The number of aliphatic hydroxyl groups is 1. The van der Waals surface area contributed by atoms with Crippen molar-refractivity contribution in [2.24, 2.45) is 0 Å². The number of benzene rings is 2. The smallest absolute Gasteiger partial charge is 0.123 e. The summed E-state index contributed by atoms with van der Waals surface area (Å²) in [6, 6.07) is 12.0. The maximum absolute atomic E-state index is 13.4. The molecule has 0 radical (unpaired) electrons. The first-order chi connectivity index (χ1) is 9.66. The average Bonchev–Trinajstić information content (AvgIpc) is 2.48. The van der Waals surface area contributed by atoms with Gasteiger partial charge in [0.2, 0.25) is 0 Å². The Morgan fingerprint density at radius 2 is 1.95 bits per heavy atom. The quantitative estimate of drug-likeness (QED) is 0.766. The van der Waals surface area contributed by atoms with E-state index in [9.17, 15) is 9.50 Å². The zero-order valence-electron chi connectivity index (χ0n) is 11.0. The lowest BCUT2D eigenvalue weighted by atomic mass is 9.94. The highest BCUT2D eigenvalue weighted by molar-refractivity contribution is 5.85. The summed E-state index contributed by atoms with van der Waals surface area (Å²) in [5.41, 5.74) is 2.19. The Morgan fingerprint density at radius 1 is 1.10 bits per heavy atom. The first kappa shape index (κ1) is 12.8. The van der Waals surface area contributed by atoms with Crippen molar-refractivity contribution in [3.63, 3.8) is 0 Å². The first-order valence-electron chi connectivity index (χ1n) is 6.43.